The lowest BCUT2D eigenvalue weighted by Crippen LogP contribution is -2.32. The molecule has 0 radical (unpaired) electrons. The Hall–Kier alpha value is -0.0900. The molecule has 2 rings (SSSR count). The number of hydrogen-bond donors (Lipinski definition) is 2. The maximum absolute atomic E-state index is 5.98. The van der Waals surface area contributed by atoms with Crippen LogP contribution in [0.25, 0.3) is 0 Å². The third-order valence-corrected chi connectivity index (χ3v) is 4.77. The molecule has 90 valence electrons. The zero-order valence-electron chi connectivity index (χ0n) is 9.42. The minimum atomic E-state index is 0.288. The van der Waals surface area contributed by atoms with Crippen molar-refractivity contribution in [3.05, 3.63) is 21.3 Å². The molecule has 0 spiro atoms. The second-order valence-corrected chi connectivity index (χ2v) is 6.28. The number of hydrazine groups is 1. The summed E-state index contributed by atoms with van der Waals surface area (Å²) in [5.74, 6) is 6.38. The Bertz CT molecular complexity index is 319. The Labute approximate surface area is 106 Å². The van der Waals surface area contributed by atoms with Gasteiger partial charge in [-0.15, -0.1) is 11.3 Å². The number of rotatable bonds is 3. The Morgan fingerprint density at radius 2 is 1.94 bits per heavy atom. The van der Waals surface area contributed by atoms with Crippen LogP contribution >= 0.6 is 22.9 Å². The Morgan fingerprint density at radius 1 is 1.25 bits per heavy atom. The van der Waals surface area contributed by atoms with Crippen molar-refractivity contribution < 1.29 is 0 Å². The molecule has 1 atom stereocenters. The summed E-state index contributed by atoms with van der Waals surface area (Å²) in [5, 5.41) is 0. The molecule has 1 aromatic heterocycles. The lowest BCUT2D eigenvalue weighted by atomic mass is 9.91. The molecule has 2 nitrogen and oxygen atoms in total. The molecule has 0 saturated heterocycles. The standard InChI is InChI=1S/C12H19ClN2S/c13-11-8-7-10(16-11)12(15-14)9-5-3-1-2-4-6-9/h7-9,12,15H,1-6,14H2. The summed E-state index contributed by atoms with van der Waals surface area (Å²) in [6.07, 6.45) is 7.98. The van der Waals surface area contributed by atoms with Crippen LogP contribution in [0, 0.1) is 5.92 Å². The van der Waals surface area contributed by atoms with Crippen LogP contribution in [-0.2, 0) is 0 Å². The summed E-state index contributed by atoms with van der Waals surface area (Å²) >= 11 is 7.63. The van der Waals surface area contributed by atoms with Gasteiger partial charge >= 0.3 is 0 Å². The lowest BCUT2D eigenvalue weighted by Gasteiger charge is -2.24. The predicted molar refractivity (Wildman–Crippen MR) is 70.6 cm³/mol. The summed E-state index contributed by atoms with van der Waals surface area (Å²) in [6, 6.07) is 4.35. The van der Waals surface area contributed by atoms with Crippen molar-refractivity contribution in [1.29, 1.82) is 0 Å². The topological polar surface area (TPSA) is 38.0 Å². The predicted octanol–water partition coefficient (Wildman–Crippen LogP) is 3.88. The van der Waals surface area contributed by atoms with Crippen LogP contribution in [0.1, 0.15) is 49.4 Å². The average molecular weight is 259 g/mol. The van der Waals surface area contributed by atoms with Crippen molar-refractivity contribution in [2.45, 2.75) is 44.6 Å². The molecule has 16 heavy (non-hydrogen) atoms. The maximum atomic E-state index is 5.98. The van der Waals surface area contributed by atoms with Gasteiger partial charge in [-0.25, -0.2) is 0 Å². The molecule has 0 aromatic carbocycles. The second-order valence-electron chi connectivity index (χ2n) is 4.54. The minimum absolute atomic E-state index is 0.288. The van der Waals surface area contributed by atoms with Crippen LogP contribution in [0.3, 0.4) is 0 Å². The SMILES string of the molecule is NNC(c1ccc(Cl)s1)C1CCCCCC1. The fourth-order valence-corrected chi connectivity index (χ4v) is 3.81. The van der Waals surface area contributed by atoms with Crippen LogP contribution in [-0.4, -0.2) is 0 Å². The van der Waals surface area contributed by atoms with Gasteiger partial charge in [-0.2, -0.15) is 0 Å². The van der Waals surface area contributed by atoms with Crippen molar-refractivity contribution in [3.8, 4) is 0 Å². The highest BCUT2D eigenvalue weighted by molar-refractivity contribution is 7.16. The van der Waals surface area contributed by atoms with Crippen molar-refractivity contribution in [2.24, 2.45) is 11.8 Å². The molecule has 0 aliphatic heterocycles. The number of halogens is 1. The summed E-state index contributed by atoms with van der Waals surface area (Å²) in [6.45, 7) is 0. The molecule has 0 amide bonds. The molecule has 1 saturated carbocycles. The molecule has 1 unspecified atom stereocenters. The number of nitrogens with one attached hydrogen (secondary N) is 1. The fourth-order valence-electron chi connectivity index (χ4n) is 2.59. The fraction of sp³-hybridized carbons (Fsp3) is 0.667. The molecule has 4 heteroatoms. The van der Waals surface area contributed by atoms with E-state index in [9.17, 15) is 0 Å². The summed E-state index contributed by atoms with van der Waals surface area (Å²) in [7, 11) is 0. The van der Waals surface area contributed by atoms with E-state index >= 15 is 0 Å². The smallest absolute Gasteiger partial charge is 0.0931 e. The Kier molecular flexibility index (Phi) is 4.65. The molecule has 1 aromatic rings. The minimum Gasteiger partial charge on any atom is -0.271 e. The molecule has 1 aliphatic carbocycles. The van der Waals surface area contributed by atoms with E-state index in [0.29, 0.717) is 5.92 Å². The summed E-state index contributed by atoms with van der Waals surface area (Å²) in [5.41, 5.74) is 2.98. The monoisotopic (exact) mass is 258 g/mol. The van der Waals surface area contributed by atoms with Crippen LogP contribution < -0.4 is 11.3 Å². The normalized spacial score (nSPS) is 20.6. The van der Waals surface area contributed by atoms with Gasteiger partial charge < -0.3 is 0 Å². The first-order valence-electron chi connectivity index (χ1n) is 6.02. The van der Waals surface area contributed by atoms with Gasteiger partial charge in [-0.3, -0.25) is 11.3 Å². The molecular weight excluding hydrogens is 240 g/mol. The van der Waals surface area contributed by atoms with E-state index in [1.165, 1.54) is 43.4 Å². The quantitative estimate of drug-likeness (QED) is 0.491. The van der Waals surface area contributed by atoms with Crippen molar-refractivity contribution in [2.75, 3.05) is 0 Å². The highest BCUT2D eigenvalue weighted by Crippen LogP contribution is 2.36. The highest BCUT2D eigenvalue weighted by Gasteiger charge is 2.24. The van der Waals surface area contributed by atoms with Crippen LogP contribution in [0.4, 0.5) is 0 Å². The Balaban J connectivity index is 2.08. The third-order valence-electron chi connectivity index (χ3n) is 3.45. The number of hydrogen-bond acceptors (Lipinski definition) is 3. The lowest BCUT2D eigenvalue weighted by molar-refractivity contribution is 0.333. The van der Waals surface area contributed by atoms with Gasteiger partial charge in [0.1, 0.15) is 0 Å². The third kappa shape index (κ3) is 2.98. The Morgan fingerprint density at radius 3 is 2.44 bits per heavy atom. The van der Waals surface area contributed by atoms with Crippen molar-refractivity contribution in [1.82, 2.24) is 5.43 Å². The first-order valence-corrected chi connectivity index (χ1v) is 7.22. The van der Waals surface area contributed by atoms with Gasteiger partial charge in [0.2, 0.25) is 0 Å². The van der Waals surface area contributed by atoms with Gasteiger partial charge in [-0.05, 0) is 30.9 Å². The summed E-state index contributed by atoms with van der Waals surface area (Å²) in [4.78, 5) is 1.28. The van der Waals surface area contributed by atoms with Crippen molar-refractivity contribution in [3.63, 3.8) is 0 Å². The van der Waals surface area contributed by atoms with Crippen LogP contribution in [0.2, 0.25) is 4.34 Å². The summed E-state index contributed by atoms with van der Waals surface area (Å²) < 4.78 is 0.851. The maximum Gasteiger partial charge on any atom is 0.0931 e. The molecule has 0 bridgehead atoms. The molecule has 1 heterocycles. The zero-order valence-corrected chi connectivity index (χ0v) is 11.0. The van der Waals surface area contributed by atoms with Gasteiger partial charge in [-0.1, -0.05) is 37.3 Å². The number of thiophene rings is 1. The van der Waals surface area contributed by atoms with Gasteiger partial charge in [0, 0.05) is 4.88 Å². The first kappa shape index (κ1) is 12.4. The van der Waals surface area contributed by atoms with Crippen LogP contribution in [0.5, 0.6) is 0 Å². The van der Waals surface area contributed by atoms with E-state index in [1.54, 1.807) is 11.3 Å². The van der Waals surface area contributed by atoms with Crippen LogP contribution in [0.15, 0.2) is 12.1 Å². The van der Waals surface area contributed by atoms with E-state index < -0.39 is 0 Å². The van der Waals surface area contributed by atoms with Crippen molar-refractivity contribution >= 4 is 22.9 Å². The molecular formula is C12H19ClN2S. The molecule has 3 N–H and O–H groups in total. The highest BCUT2D eigenvalue weighted by atomic mass is 35.5. The van der Waals surface area contributed by atoms with Gasteiger partial charge in [0.25, 0.3) is 0 Å². The molecule has 1 fully saturated rings. The van der Waals surface area contributed by atoms with Gasteiger partial charge in [0.15, 0.2) is 0 Å². The zero-order chi connectivity index (χ0) is 11.4. The van der Waals surface area contributed by atoms with E-state index in [1.807, 2.05) is 6.07 Å². The molecule has 1 aliphatic rings. The van der Waals surface area contributed by atoms with Gasteiger partial charge in [0.05, 0.1) is 10.4 Å². The van der Waals surface area contributed by atoms with E-state index in [-0.39, 0.29) is 6.04 Å². The van der Waals surface area contributed by atoms with E-state index in [4.69, 9.17) is 17.4 Å². The van der Waals surface area contributed by atoms with E-state index in [2.05, 4.69) is 11.5 Å². The average Bonchev–Trinajstić information content (AvgIpc) is 2.55. The van der Waals surface area contributed by atoms with E-state index in [0.717, 1.165) is 4.34 Å². The first-order chi connectivity index (χ1) is 7.81. The number of nitrogens with two attached hydrogens (primary N) is 1. The second kappa shape index (κ2) is 6.01. The largest absolute Gasteiger partial charge is 0.271 e.